The number of amidine groups is 1. The number of ether oxygens (including phenoxy) is 1. The molecular formula is C11H11N3O2S. The number of nitrogens with zero attached hydrogens (tertiary/aromatic N) is 2. The number of thioether (sulfide) groups is 1. The average molecular weight is 249 g/mol. The number of hydrogen-bond acceptors (Lipinski definition) is 4. The predicted molar refractivity (Wildman–Crippen MR) is 69.0 cm³/mol. The number of benzene rings is 1. The Kier molecular flexibility index (Phi) is 5.04. The van der Waals surface area contributed by atoms with Crippen molar-refractivity contribution in [1.82, 2.24) is 0 Å². The van der Waals surface area contributed by atoms with E-state index in [4.69, 9.17) is 6.57 Å². The van der Waals surface area contributed by atoms with Crippen molar-refractivity contribution in [2.24, 2.45) is 5.10 Å². The standard InChI is InChI=1S/C11H11N3O2S/c1-12-14-11(17-3)13-9-6-4-5-8(7-9)10(15)16-2/h4-7H,2-3H3,(H,13,14). The lowest BCUT2D eigenvalue weighted by atomic mass is 10.2. The van der Waals surface area contributed by atoms with Crippen molar-refractivity contribution >= 4 is 28.6 Å². The summed E-state index contributed by atoms with van der Waals surface area (Å²) < 4.78 is 4.62. The van der Waals surface area contributed by atoms with Crippen LogP contribution in [-0.4, -0.2) is 24.5 Å². The van der Waals surface area contributed by atoms with Gasteiger partial charge in [-0.3, -0.25) is 0 Å². The number of carbonyl (C=O) groups excluding carboxylic acids is 1. The van der Waals surface area contributed by atoms with Gasteiger partial charge in [0.2, 0.25) is 5.17 Å². The van der Waals surface area contributed by atoms with E-state index in [0.717, 1.165) is 0 Å². The quantitative estimate of drug-likeness (QED) is 0.287. The van der Waals surface area contributed by atoms with Crippen molar-refractivity contribution in [2.75, 3.05) is 18.7 Å². The molecule has 0 saturated heterocycles. The third-order valence-electron chi connectivity index (χ3n) is 1.87. The van der Waals surface area contributed by atoms with Gasteiger partial charge in [-0.2, -0.15) is 6.57 Å². The van der Waals surface area contributed by atoms with E-state index < -0.39 is 5.97 Å². The molecule has 0 aromatic heterocycles. The first kappa shape index (κ1) is 13.1. The average Bonchev–Trinajstić information content (AvgIpc) is 2.37. The van der Waals surface area contributed by atoms with Gasteiger partial charge >= 0.3 is 5.97 Å². The Morgan fingerprint density at radius 1 is 1.59 bits per heavy atom. The summed E-state index contributed by atoms with van der Waals surface area (Å²) in [7, 11) is 1.33. The van der Waals surface area contributed by atoms with Gasteiger partial charge in [-0.25, -0.2) is 4.79 Å². The maximum absolute atomic E-state index is 11.3. The monoisotopic (exact) mass is 249 g/mol. The van der Waals surface area contributed by atoms with Crippen LogP contribution in [0.15, 0.2) is 29.4 Å². The van der Waals surface area contributed by atoms with E-state index in [-0.39, 0.29) is 0 Å². The number of hydrogen-bond donors (Lipinski definition) is 1. The molecule has 0 aliphatic rings. The molecule has 0 bridgehead atoms. The summed E-state index contributed by atoms with van der Waals surface area (Å²) in [6.07, 6.45) is 1.81. The van der Waals surface area contributed by atoms with Crippen LogP contribution in [0.5, 0.6) is 0 Å². The van der Waals surface area contributed by atoms with E-state index in [1.807, 2.05) is 0 Å². The summed E-state index contributed by atoms with van der Waals surface area (Å²) in [6, 6.07) is 6.80. The molecule has 0 radical (unpaired) electrons. The van der Waals surface area contributed by atoms with Crippen LogP contribution in [0.1, 0.15) is 10.4 Å². The summed E-state index contributed by atoms with van der Waals surface area (Å²) in [6.45, 7) is 6.65. The number of esters is 1. The Hall–Kier alpha value is -2.00. The molecule has 0 fully saturated rings. The van der Waals surface area contributed by atoms with E-state index in [0.29, 0.717) is 16.4 Å². The van der Waals surface area contributed by atoms with Gasteiger partial charge in [0.05, 0.1) is 12.7 Å². The normalized spacial score (nSPS) is 10.5. The molecule has 17 heavy (non-hydrogen) atoms. The molecule has 0 aliphatic heterocycles. The van der Waals surface area contributed by atoms with E-state index >= 15 is 0 Å². The zero-order valence-electron chi connectivity index (χ0n) is 9.43. The molecule has 0 atom stereocenters. The number of methoxy groups -OCH3 is 1. The van der Waals surface area contributed by atoms with E-state index in [2.05, 4.69) is 20.1 Å². The molecule has 1 rings (SSSR count). The number of carbonyl (C=O) groups is 1. The minimum absolute atomic E-state index is 0.401. The minimum atomic E-state index is -0.401. The zero-order chi connectivity index (χ0) is 12.7. The highest BCUT2D eigenvalue weighted by Crippen LogP contribution is 2.13. The van der Waals surface area contributed by atoms with Crippen LogP contribution in [0.3, 0.4) is 0 Å². The second-order valence-electron chi connectivity index (χ2n) is 2.91. The third-order valence-corrected chi connectivity index (χ3v) is 2.44. The van der Waals surface area contributed by atoms with Crippen molar-refractivity contribution in [2.45, 2.75) is 0 Å². The Balaban J connectivity index is 2.90. The summed E-state index contributed by atoms with van der Waals surface area (Å²) in [5, 5.41) is 6.99. The van der Waals surface area contributed by atoms with Gasteiger partial charge < -0.3 is 10.1 Å². The fourth-order valence-electron chi connectivity index (χ4n) is 1.13. The first-order valence-electron chi connectivity index (χ1n) is 4.65. The minimum Gasteiger partial charge on any atom is -0.465 e. The highest BCUT2D eigenvalue weighted by Gasteiger charge is 2.07. The molecule has 0 saturated carbocycles. The summed E-state index contributed by atoms with van der Waals surface area (Å²) >= 11 is 1.32. The van der Waals surface area contributed by atoms with Crippen LogP contribution in [-0.2, 0) is 4.74 Å². The topological polar surface area (TPSA) is 55.0 Å². The van der Waals surface area contributed by atoms with Gasteiger partial charge in [-0.05, 0) is 24.5 Å². The van der Waals surface area contributed by atoms with Crippen molar-refractivity contribution in [3.8, 4) is 0 Å². The molecule has 0 heterocycles. The fraction of sp³-hybridized carbons (Fsp3) is 0.182. The van der Waals surface area contributed by atoms with Crippen LogP contribution in [0.4, 0.5) is 5.69 Å². The van der Waals surface area contributed by atoms with Gasteiger partial charge in [0, 0.05) is 5.69 Å². The first-order valence-corrected chi connectivity index (χ1v) is 5.87. The van der Waals surface area contributed by atoms with Crippen molar-refractivity contribution in [3.63, 3.8) is 0 Å². The summed E-state index contributed by atoms with van der Waals surface area (Å²) in [5.74, 6) is -0.401. The molecule has 1 aromatic rings. The van der Waals surface area contributed by atoms with Gasteiger partial charge in [0.25, 0.3) is 0 Å². The smallest absolute Gasteiger partial charge is 0.337 e. The van der Waals surface area contributed by atoms with Gasteiger partial charge in [-0.15, -0.1) is 4.95 Å². The van der Waals surface area contributed by atoms with E-state index in [1.165, 1.54) is 18.9 Å². The Bertz CT molecular complexity index is 480. The van der Waals surface area contributed by atoms with Crippen LogP contribution in [0.2, 0.25) is 0 Å². The van der Waals surface area contributed by atoms with Crippen LogP contribution < -0.4 is 5.32 Å². The predicted octanol–water partition coefficient (Wildman–Crippen LogP) is 2.44. The third kappa shape index (κ3) is 3.81. The van der Waals surface area contributed by atoms with Crippen LogP contribution in [0.25, 0.3) is 4.95 Å². The maximum atomic E-state index is 11.3. The lowest BCUT2D eigenvalue weighted by Gasteiger charge is -2.05. The Morgan fingerprint density at radius 2 is 2.35 bits per heavy atom. The zero-order valence-corrected chi connectivity index (χ0v) is 10.2. The molecule has 5 nitrogen and oxygen atoms in total. The Morgan fingerprint density at radius 3 is 2.94 bits per heavy atom. The second-order valence-corrected chi connectivity index (χ2v) is 3.70. The molecule has 0 spiro atoms. The second kappa shape index (κ2) is 6.55. The largest absolute Gasteiger partial charge is 0.465 e. The molecule has 1 N–H and O–H groups in total. The van der Waals surface area contributed by atoms with Gasteiger partial charge in [0.1, 0.15) is 5.10 Å². The Labute approximate surface area is 104 Å². The van der Waals surface area contributed by atoms with Crippen LogP contribution >= 0.6 is 11.8 Å². The molecular weight excluding hydrogens is 238 g/mol. The van der Waals surface area contributed by atoms with Gasteiger partial charge in [-0.1, -0.05) is 17.8 Å². The van der Waals surface area contributed by atoms with Crippen molar-refractivity contribution < 1.29 is 9.53 Å². The molecule has 0 amide bonds. The number of nitrogens with one attached hydrogen (secondary N) is 1. The highest BCUT2D eigenvalue weighted by atomic mass is 32.2. The molecule has 6 heteroatoms. The maximum Gasteiger partial charge on any atom is 0.337 e. The lowest BCUT2D eigenvalue weighted by molar-refractivity contribution is 0.0601. The van der Waals surface area contributed by atoms with Crippen LogP contribution in [0, 0.1) is 6.57 Å². The fourth-order valence-corrected chi connectivity index (χ4v) is 1.47. The summed E-state index contributed by atoms with van der Waals surface area (Å²) in [4.78, 5) is 14.3. The SMILES string of the molecule is [C-]#[N+]/N=C(/Nc1cccc(C(=O)OC)c1)SC. The number of anilines is 1. The van der Waals surface area contributed by atoms with Crippen molar-refractivity contribution in [1.29, 1.82) is 0 Å². The summed E-state index contributed by atoms with van der Waals surface area (Å²) in [5.41, 5.74) is 1.13. The molecule has 0 aliphatic carbocycles. The van der Waals surface area contributed by atoms with Gasteiger partial charge in [0.15, 0.2) is 0 Å². The highest BCUT2D eigenvalue weighted by molar-refractivity contribution is 8.13. The molecule has 1 aromatic carbocycles. The molecule has 88 valence electrons. The lowest BCUT2D eigenvalue weighted by Crippen LogP contribution is -2.08. The number of rotatable bonds is 2. The molecule has 0 unspecified atom stereocenters. The van der Waals surface area contributed by atoms with E-state index in [1.54, 1.807) is 30.5 Å². The first-order chi connectivity index (χ1) is 8.21. The van der Waals surface area contributed by atoms with E-state index in [9.17, 15) is 4.79 Å². The van der Waals surface area contributed by atoms with Crippen molar-refractivity contribution in [3.05, 3.63) is 41.4 Å².